The lowest BCUT2D eigenvalue weighted by atomic mass is 10.1. The molecule has 0 aromatic heterocycles. The van der Waals surface area contributed by atoms with Crippen molar-refractivity contribution in [3.05, 3.63) is 29.8 Å². The summed E-state index contributed by atoms with van der Waals surface area (Å²) in [4.78, 5) is 33.1. The minimum Gasteiger partial charge on any atom is -0.481 e. The second kappa shape index (κ2) is 7.13. The Morgan fingerprint density at radius 3 is 2.65 bits per heavy atom. The fraction of sp³-hybridized carbons (Fsp3) is 0.308. The molecule has 0 radical (unpaired) electrons. The van der Waals surface area contributed by atoms with Gasteiger partial charge in [0.15, 0.2) is 0 Å². The van der Waals surface area contributed by atoms with E-state index in [9.17, 15) is 14.4 Å². The maximum Gasteiger partial charge on any atom is 0.319 e. The van der Waals surface area contributed by atoms with Crippen LogP contribution in [0.3, 0.4) is 0 Å². The van der Waals surface area contributed by atoms with Gasteiger partial charge in [-0.2, -0.15) is 0 Å². The van der Waals surface area contributed by atoms with Crippen molar-refractivity contribution < 1.29 is 19.5 Å². The molecule has 0 spiro atoms. The summed E-state index contributed by atoms with van der Waals surface area (Å²) < 4.78 is 0. The molecule has 1 unspecified atom stereocenters. The number of aliphatic carboxylic acids is 1. The molecule has 7 heteroatoms. The van der Waals surface area contributed by atoms with Crippen LogP contribution in [-0.4, -0.2) is 29.6 Å². The molecule has 0 saturated heterocycles. The number of benzene rings is 1. The first-order chi connectivity index (χ1) is 9.38. The van der Waals surface area contributed by atoms with E-state index in [0.29, 0.717) is 11.3 Å². The number of anilines is 1. The van der Waals surface area contributed by atoms with Crippen molar-refractivity contribution >= 4 is 23.6 Å². The smallest absolute Gasteiger partial charge is 0.319 e. The van der Waals surface area contributed by atoms with Crippen molar-refractivity contribution in [3.63, 3.8) is 0 Å². The zero-order valence-electron chi connectivity index (χ0n) is 11.1. The van der Waals surface area contributed by atoms with Gasteiger partial charge in [0.05, 0.1) is 0 Å². The van der Waals surface area contributed by atoms with Crippen LogP contribution in [0.2, 0.25) is 0 Å². The summed E-state index contributed by atoms with van der Waals surface area (Å²) in [5.74, 6) is -1.66. The molecule has 1 rings (SSSR count). The molecule has 3 amide bonds. The molecule has 0 bridgehead atoms. The van der Waals surface area contributed by atoms with E-state index in [1.165, 1.54) is 6.07 Å². The maximum absolute atomic E-state index is 11.6. The molecule has 108 valence electrons. The van der Waals surface area contributed by atoms with Crippen LogP contribution >= 0.6 is 0 Å². The third kappa shape index (κ3) is 5.38. The topological polar surface area (TPSA) is 122 Å². The fourth-order valence-corrected chi connectivity index (χ4v) is 1.56. The summed E-state index contributed by atoms with van der Waals surface area (Å²) in [5.41, 5.74) is 5.86. The highest BCUT2D eigenvalue weighted by Gasteiger charge is 2.10. The second-order valence-corrected chi connectivity index (χ2v) is 4.48. The Bertz CT molecular complexity index is 516. The molecule has 0 aliphatic rings. The van der Waals surface area contributed by atoms with Crippen LogP contribution in [0.1, 0.15) is 23.7 Å². The third-order valence-corrected chi connectivity index (χ3v) is 2.54. The first-order valence-corrected chi connectivity index (χ1v) is 6.05. The van der Waals surface area contributed by atoms with Gasteiger partial charge in [-0.1, -0.05) is 13.0 Å². The van der Waals surface area contributed by atoms with Gasteiger partial charge < -0.3 is 21.5 Å². The average Bonchev–Trinajstić information content (AvgIpc) is 2.36. The lowest BCUT2D eigenvalue weighted by Crippen LogP contribution is -2.33. The van der Waals surface area contributed by atoms with Crippen LogP contribution in [0.4, 0.5) is 10.5 Å². The van der Waals surface area contributed by atoms with Crippen LogP contribution < -0.4 is 16.4 Å². The maximum atomic E-state index is 11.6. The molecule has 5 N–H and O–H groups in total. The average molecular weight is 279 g/mol. The van der Waals surface area contributed by atoms with Crippen molar-refractivity contribution in [1.29, 1.82) is 0 Å². The molecule has 7 nitrogen and oxygen atoms in total. The van der Waals surface area contributed by atoms with E-state index in [4.69, 9.17) is 10.8 Å². The van der Waals surface area contributed by atoms with Crippen molar-refractivity contribution in [2.45, 2.75) is 13.3 Å². The standard InChI is InChI=1S/C13H17N3O4/c1-8(5-11(17)18)7-15-13(20)16-10-4-2-3-9(6-10)12(14)19/h2-4,6,8H,5,7H2,1H3,(H2,14,19)(H,17,18)(H2,15,16,20). The van der Waals surface area contributed by atoms with Gasteiger partial charge in [-0.15, -0.1) is 0 Å². The first-order valence-electron chi connectivity index (χ1n) is 6.05. The van der Waals surface area contributed by atoms with Crippen LogP contribution in [0, 0.1) is 5.92 Å². The summed E-state index contributed by atoms with van der Waals surface area (Å²) in [7, 11) is 0. The van der Waals surface area contributed by atoms with Gasteiger partial charge in [-0.05, 0) is 24.1 Å². The number of urea groups is 1. The SMILES string of the molecule is CC(CNC(=O)Nc1cccc(C(N)=O)c1)CC(=O)O. The zero-order chi connectivity index (χ0) is 15.1. The molecule has 0 saturated carbocycles. The largest absolute Gasteiger partial charge is 0.481 e. The van der Waals surface area contributed by atoms with Gasteiger partial charge in [0.2, 0.25) is 5.91 Å². The Morgan fingerprint density at radius 2 is 2.05 bits per heavy atom. The highest BCUT2D eigenvalue weighted by atomic mass is 16.4. The van der Waals surface area contributed by atoms with Crippen LogP contribution in [0.25, 0.3) is 0 Å². The van der Waals surface area contributed by atoms with Gasteiger partial charge in [-0.25, -0.2) is 4.79 Å². The number of nitrogens with two attached hydrogens (primary N) is 1. The normalized spacial score (nSPS) is 11.4. The number of carboxylic acid groups (broad SMARTS) is 1. The van der Waals surface area contributed by atoms with E-state index in [-0.39, 0.29) is 18.9 Å². The lowest BCUT2D eigenvalue weighted by Gasteiger charge is -2.11. The van der Waals surface area contributed by atoms with Crippen LogP contribution in [0.15, 0.2) is 24.3 Å². The predicted molar refractivity (Wildman–Crippen MR) is 73.4 cm³/mol. The molecule has 0 fully saturated rings. The summed E-state index contributed by atoms with van der Waals surface area (Å²) in [6.45, 7) is 1.97. The number of hydrogen-bond donors (Lipinski definition) is 4. The van der Waals surface area contributed by atoms with Crippen LogP contribution in [0.5, 0.6) is 0 Å². The quantitative estimate of drug-likeness (QED) is 0.621. The summed E-state index contributed by atoms with van der Waals surface area (Å²) >= 11 is 0. The van der Waals surface area contributed by atoms with Crippen molar-refractivity contribution in [1.82, 2.24) is 5.32 Å². The molecule has 1 aromatic rings. The highest BCUT2D eigenvalue weighted by Crippen LogP contribution is 2.10. The number of nitrogens with one attached hydrogen (secondary N) is 2. The second-order valence-electron chi connectivity index (χ2n) is 4.48. The fourth-order valence-electron chi connectivity index (χ4n) is 1.56. The lowest BCUT2D eigenvalue weighted by molar-refractivity contribution is -0.137. The summed E-state index contributed by atoms with van der Waals surface area (Å²) in [6, 6.07) is 5.75. The van der Waals surface area contributed by atoms with Gasteiger partial charge in [0.1, 0.15) is 0 Å². The molecule has 0 aliphatic heterocycles. The number of carbonyl (C=O) groups excluding carboxylic acids is 2. The van der Waals surface area contributed by atoms with Gasteiger partial charge in [0.25, 0.3) is 0 Å². The van der Waals surface area contributed by atoms with E-state index in [2.05, 4.69) is 10.6 Å². The van der Waals surface area contributed by atoms with E-state index in [1.807, 2.05) is 0 Å². The Morgan fingerprint density at radius 1 is 1.35 bits per heavy atom. The van der Waals surface area contributed by atoms with E-state index in [1.54, 1.807) is 25.1 Å². The Hall–Kier alpha value is -2.57. The number of carbonyl (C=O) groups is 3. The number of rotatable bonds is 6. The monoisotopic (exact) mass is 279 g/mol. The Kier molecular flexibility index (Phi) is 5.52. The molecular weight excluding hydrogens is 262 g/mol. The van der Waals surface area contributed by atoms with E-state index < -0.39 is 17.9 Å². The highest BCUT2D eigenvalue weighted by molar-refractivity contribution is 5.95. The molecule has 0 aliphatic carbocycles. The zero-order valence-corrected chi connectivity index (χ0v) is 11.1. The molecule has 0 heterocycles. The van der Waals surface area contributed by atoms with Gasteiger partial charge in [0, 0.05) is 24.2 Å². The summed E-state index contributed by atoms with van der Waals surface area (Å²) in [6.07, 6.45) is -0.0164. The predicted octanol–water partition coefficient (Wildman–Crippen LogP) is 1.02. The number of carboxylic acids is 1. The first kappa shape index (κ1) is 15.5. The third-order valence-electron chi connectivity index (χ3n) is 2.54. The van der Waals surface area contributed by atoms with Crippen LogP contribution in [-0.2, 0) is 4.79 Å². The van der Waals surface area contributed by atoms with E-state index in [0.717, 1.165) is 0 Å². The summed E-state index contributed by atoms with van der Waals surface area (Å²) in [5, 5.41) is 13.7. The number of primary amides is 1. The van der Waals surface area contributed by atoms with Gasteiger partial charge in [-0.3, -0.25) is 9.59 Å². The van der Waals surface area contributed by atoms with Crippen molar-refractivity contribution in [2.24, 2.45) is 11.7 Å². The van der Waals surface area contributed by atoms with E-state index >= 15 is 0 Å². The number of amides is 3. The minimum absolute atomic E-state index is 0.0164. The Labute approximate surface area is 116 Å². The Balaban J connectivity index is 2.48. The number of hydrogen-bond acceptors (Lipinski definition) is 3. The van der Waals surface area contributed by atoms with Crippen molar-refractivity contribution in [2.75, 3.05) is 11.9 Å². The molecule has 1 aromatic carbocycles. The molecule has 1 atom stereocenters. The molecular formula is C13H17N3O4. The van der Waals surface area contributed by atoms with Gasteiger partial charge >= 0.3 is 12.0 Å². The van der Waals surface area contributed by atoms with Crippen molar-refractivity contribution in [3.8, 4) is 0 Å². The molecule has 20 heavy (non-hydrogen) atoms. The minimum atomic E-state index is -0.908.